The van der Waals surface area contributed by atoms with Crippen molar-refractivity contribution in [1.29, 1.82) is 0 Å². The van der Waals surface area contributed by atoms with Crippen LogP contribution in [0.25, 0.3) is 11.1 Å². The molecule has 0 N–H and O–H groups in total. The average Bonchev–Trinajstić information content (AvgIpc) is 2.67. The molecular formula is C22H22ClF3. The summed E-state index contributed by atoms with van der Waals surface area (Å²) in [7, 11) is 0. The number of benzene rings is 2. The number of alkyl halides is 1. The molecule has 2 aromatic carbocycles. The lowest BCUT2D eigenvalue weighted by Crippen LogP contribution is -2.12. The second-order valence-electron chi connectivity index (χ2n) is 6.95. The maximum Gasteiger partial charge on any atom is 0.145 e. The number of halogens is 4. The van der Waals surface area contributed by atoms with Crippen LogP contribution in [0.1, 0.15) is 43.6 Å². The van der Waals surface area contributed by atoms with E-state index in [2.05, 4.69) is 0 Å². The first-order valence-electron chi connectivity index (χ1n) is 9.04. The fraction of sp³-hybridized carbons (Fsp3) is 0.364. The number of hydrogen-bond donors (Lipinski definition) is 0. The Morgan fingerprint density at radius 2 is 1.50 bits per heavy atom. The largest absolute Gasteiger partial charge is 0.247 e. The molecule has 1 saturated carbocycles. The molecule has 0 saturated heterocycles. The minimum atomic E-state index is -0.745. The van der Waals surface area contributed by atoms with E-state index in [0.717, 1.165) is 37.7 Å². The highest BCUT2D eigenvalue weighted by Gasteiger charge is 2.21. The van der Waals surface area contributed by atoms with Crippen molar-refractivity contribution in [3.63, 3.8) is 0 Å². The van der Waals surface area contributed by atoms with Gasteiger partial charge in [-0.15, -0.1) is 0 Å². The van der Waals surface area contributed by atoms with Crippen molar-refractivity contribution in [3.8, 4) is 11.1 Å². The summed E-state index contributed by atoms with van der Waals surface area (Å²) in [6, 6.07) is 10.4. The van der Waals surface area contributed by atoms with Gasteiger partial charge >= 0.3 is 0 Å². The molecule has 0 aliphatic heterocycles. The second kappa shape index (κ2) is 8.77. The Hall–Kier alpha value is -1.74. The zero-order valence-electron chi connectivity index (χ0n) is 14.5. The molecule has 0 atom stereocenters. The van der Waals surface area contributed by atoms with Gasteiger partial charge < -0.3 is 0 Å². The Morgan fingerprint density at radius 3 is 2.08 bits per heavy atom. The standard InChI is InChI=1S/C22H22ClF3/c23-22-20(25)13-19(14-21(22)26)18-10-8-17(9-11-18)16-6-4-15(5-7-16)3-1-2-12-24/h1-2,8-11,13-16H,3-7,12H2/b2-1+. The highest BCUT2D eigenvalue weighted by Crippen LogP contribution is 2.38. The number of allylic oxidation sites excluding steroid dienone is 2. The highest BCUT2D eigenvalue weighted by atomic mass is 35.5. The van der Waals surface area contributed by atoms with Crippen LogP contribution in [0, 0.1) is 17.6 Å². The molecule has 2 aromatic rings. The maximum absolute atomic E-state index is 13.6. The number of hydrogen-bond acceptors (Lipinski definition) is 0. The van der Waals surface area contributed by atoms with Gasteiger partial charge in [0.05, 0.1) is 0 Å². The van der Waals surface area contributed by atoms with Gasteiger partial charge in [0.1, 0.15) is 23.3 Å². The summed E-state index contributed by atoms with van der Waals surface area (Å²) in [6.45, 7) is -0.386. The Labute approximate surface area is 157 Å². The fourth-order valence-electron chi connectivity index (χ4n) is 3.75. The minimum Gasteiger partial charge on any atom is -0.247 e. The smallest absolute Gasteiger partial charge is 0.145 e. The molecule has 4 heteroatoms. The molecule has 1 fully saturated rings. The SMILES string of the molecule is FC/C=C/CC1CCC(c2ccc(-c3cc(F)c(Cl)c(F)c3)cc2)CC1. The third kappa shape index (κ3) is 4.50. The molecule has 0 nitrogen and oxygen atoms in total. The average molecular weight is 379 g/mol. The van der Waals surface area contributed by atoms with Crippen LogP contribution < -0.4 is 0 Å². The zero-order valence-corrected chi connectivity index (χ0v) is 15.3. The van der Waals surface area contributed by atoms with Crippen molar-refractivity contribution in [1.82, 2.24) is 0 Å². The molecule has 0 amide bonds. The molecule has 0 bridgehead atoms. The summed E-state index contributed by atoms with van der Waals surface area (Å²) in [5, 5.41) is -0.469. The minimum absolute atomic E-state index is 0.386. The third-order valence-corrected chi connectivity index (χ3v) is 5.63. The predicted molar refractivity (Wildman–Crippen MR) is 101 cm³/mol. The van der Waals surface area contributed by atoms with Crippen LogP contribution in [0.2, 0.25) is 5.02 Å². The van der Waals surface area contributed by atoms with Crippen molar-refractivity contribution in [3.05, 3.63) is 70.8 Å². The van der Waals surface area contributed by atoms with Gasteiger partial charge in [0, 0.05) is 0 Å². The van der Waals surface area contributed by atoms with E-state index in [1.165, 1.54) is 17.7 Å². The van der Waals surface area contributed by atoms with Crippen LogP contribution in [0.15, 0.2) is 48.6 Å². The van der Waals surface area contributed by atoms with E-state index in [0.29, 0.717) is 17.4 Å². The van der Waals surface area contributed by atoms with Crippen LogP contribution in [-0.4, -0.2) is 6.67 Å². The molecule has 0 spiro atoms. The first-order valence-corrected chi connectivity index (χ1v) is 9.42. The molecular weight excluding hydrogens is 357 g/mol. The molecule has 1 aliphatic carbocycles. The van der Waals surface area contributed by atoms with Gasteiger partial charge in [0.25, 0.3) is 0 Å². The first-order chi connectivity index (χ1) is 12.6. The van der Waals surface area contributed by atoms with Gasteiger partial charge in [-0.2, -0.15) is 0 Å². The molecule has 3 rings (SSSR count). The molecule has 138 valence electrons. The summed E-state index contributed by atoms with van der Waals surface area (Å²) in [5.74, 6) is -0.325. The first kappa shape index (κ1) is 19.0. The Kier molecular flexibility index (Phi) is 6.42. The fourth-order valence-corrected chi connectivity index (χ4v) is 3.86. The number of rotatable bonds is 5. The van der Waals surface area contributed by atoms with E-state index in [9.17, 15) is 13.2 Å². The van der Waals surface area contributed by atoms with Crippen molar-refractivity contribution in [2.75, 3.05) is 6.67 Å². The molecule has 0 radical (unpaired) electrons. The van der Waals surface area contributed by atoms with Crippen LogP contribution in [0.5, 0.6) is 0 Å². The Balaban J connectivity index is 1.65. The van der Waals surface area contributed by atoms with Gasteiger partial charge in [-0.05, 0) is 72.8 Å². The van der Waals surface area contributed by atoms with Gasteiger partial charge in [-0.25, -0.2) is 13.2 Å². The van der Waals surface area contributed by atoms with Crippen molar-refractivity contribution in [2.45, 2.75) is 38.0 Å². The van der Waals surface area contributed by atoms with Gasteiger partial charge in [-0.3, -0.25) is 0 Å². The van der Waals surface area contributed by atoms with Gasteiger partial charge in [0.2, 0.25) is 0 Å². The molecule has 1 aliphatic rings. The third-order valence-electron chi connectivity index (χ3n) is 5.27. The van der Waals surface area contributed by atoms with Crippen LogP contribution >= 0.6 is 11.6 Å². The van der Waals surface area contributed by atoms with E-state index in [1.54, 1.807) is 6.08 Å². The van der Waals surface area contributed by atoms with Crippen LogP contribution in [-0.2, 0) is 0 Å². The lowest BCUT2D eigenvalue weighted by molar-refractivity contribution is 0.328. The summed E-state index contributed by atoms with van der Waals surface area (Å²) in [6.07, 6.45) is 9.04. The quantitative estimate of drug-likeness (QED) is 0.373. The van der Waals surface area contributed by atoms with Crippen LogP contribution in [0.3, 0.4) is 0 Å². The summed E-state index contributed by atoms with van der Waals surface area (Å²) < 4.78 is 39.4. The van der Waals surface area contributed by atoms with Gasteiger partial charge in [0.15, 0.2) is 0 Å². The van der Waals surface area contributed by atoms with E-state index in [1.807, 2.05) is 30.3 Å². The topological polar surface area (TPSA) is 0 Å². The van der Waals surface area contributed by atoms with Crippen molar-refractivity contribution < 1.29 is 13.2 Å². The lowest BCUT2D eigenvalue weighted by Gasteiger charge is -2.28. The predicted octanol–water partition coefficient (Wildman–Crippen LogP) is 7.47. The van der Waals surface area contributed by atoms with E-state index < -0.39 is 16.7 Å². The second-order valence-corrected chi connectivity index (χ2v) is 7.33. The van der Waals surface area contributed by atoms with E-state index in [4.69, 9.17) is 11.6 Å². The monoisotopic (exact) mass is 378 g/mol. The van der Waals surface area contributed by atoms with Crippen LogP contribution in [0.4, 0.5) is 13.2 Å². The van der Waals surface area contributed by atoms with Crippen molar-refractivity contribution >= 4 is 11.6 Å². The molecule has 0 unspecified atom stereocenters. The van der Waals surface area contributed by atoms with E-state index in [-0.39, 0.29) is 6.67 Å². The van der Waals surface area contributed by atoms with E-state index >= 15 is 0 Å². The molecule has 26 heavy (non-hydrogen) atoms. The molecule has 0 aromatic heterocycles. The highest BCUT2D eigenvalue weighted by molar-refractivity contribution is 6.31. The Morgan fingerprint density at radius 1 is 0.885 bits per heavy atom. The van der Waals surface area contributed by atoms with Gasteiger partial charge in [-0.1, -0.05) is 48.0 Å². The lowest BCUT2D eigenvalue weighted by atomic mass is 9.77. The van der Waals surface area contributed by atoms with Crippen molar-refractivity contribution in [2.24, 2.45) is 5.92 Å². The zero-order chi connectivity index (χ0) is 18.5. The Bertz CT molecular complexity index is 736. The maximum atomic E-state index is 13.6. The summed E-state index contributed by atoms with van der Waals surface area (Å²) in [4.78, 5) is 0. The molecule has 0 heterocycles. The summed E-state index contributed by atoms with van der Waals surface area (Å²) >= 11 is 5.54. The summed E-state index contributed by atoms with van der Waals surface area (Å²) in [5.41, 5.74) is 2.52. The normalized spacial score (nSPS) is 20.6.